The molecule has 1 amide bonds. The molecule has 3 aromatic rings. The van der Waals surface area contributed by atoms with Gasteiger partial charge in [-0.1, -0.05) is 54.6 Å². The lowest BCUT2D eigenvalue weighted by atomic mass is 9.98. The van der Waals surface area contributed by atoms with Crippen molar-refractivity contribution >= 4 is 15.9 Å². The van der Waals surface area contributed by atoms with Gasteiger partial charge in [-0.2, -0.15) is 0 Å². The molecule has 184 valence electrons. The van der Waals surface area contributed by atoms with Gasteiger partial charge in [0, 0.05) is 31.7 Å². The lowest BCUT2D eigenvalue weighted by Crippen LogP contribution is -2.32. The number of aryl methyl sites for hydroxylation is 1. The van der Waals surface area contributed by atoms with Crippen LogP contribution in [-0.4, -0.2) is 39.4 Å². The predicted octanol–water partition coefficient (Wildman–Crippen LogP) is 3.91. The number of fused-ring (bicyclic) bond motifs is 1. The topological polar surface area (TPSA) is 78.5 Å². The molecule has 0 aromatic heterocycles. The SMILES string of the molecule is CNS(=O)(=O)c1ccc2c(c1)CN(Cc1ccccc1C(=O)NCCCCc1ccccc1)CC2. The van der Waals surface area contributed by atoms with Crippen LogP contribution in [0.1, 0.15) is 45.5 Å². The molecule has 0 saturated heterocycles. The molecule has 0 bridgehead atoms. The standard InChI is InChI=1S/C28H33N3O3S/c1-29-35(33,34)26-15-14-23-16-18-31(21-25(23)19-26)20-24-12-5-6-13-27(24)28(32)30-17-8-7-11-22-9-3-2-4-10-22/h2-6,9-10,12-15,19,29H,7-8,11,16-18,20-21H2,1H3,(H,30,32). The van der Waals surface area contributed by atoms with Gasteiger partial charge in [0.25, 0.3) is 5.91 Å². The molecular formula is C28H33N3O3S. The average molecular weight is 492 g/mol. The summed E-state index contributed by atoms with van der Waals surface area (Å²) in [4.78, 5) is 15.5. The molecule has 0 aliphatic carbocycles. The Morgan fingerprint density at radius 3 is 2.51 bits per heavy atom. The van der Waals surface area contributed by atoms with Crippen LogP contribution < -0.4 is 10.0 Å². The minimum absolute atomic E-state index is 0.0416. The number of nitrogens with zero attached hydrogens (tertiary/aromatic N) is 1. The van der Waals surface area contributed by atoms with Crippen LogP contribution in [0.5, 0.6) is 0 Å². The van der Waals surface area contributed by atoms with E-state index in [1.165, 1.54) is 18.2 Å². The molecule has 0 radical (unpaired) electrons. The summed E-state index contributed by atoms with van der Waals surface area (Å²) in [5, 5.41) is 3.08. The summed E-state index contributed by atoms with van der Waals surface area (Å²) in [7, 11) is -2.05. The lowest BCUT2D eigenvalue weighted by Gasteiger charge is -2.29. The minimum atomic E-state index is -3.48. The van der Waals surface area contributed by atoms with Crippen LogP contribution >= 0.6 is 0 Å². The Balaban J connectivity index is 1.34. The van der Waals surface area contributed by atoms with Gasteiger partial charge < -0.3 is 5.32 Å². The number of amides is 1. The summed E-state index contributed by atoms with van der Waals surface area (Å²) in [6.07, 6.45) is 3.83. The highest BCUT2D eigenvalue weighted by Crippen LogP contribution is 2.24. The highest BCUT2D eigenvalue weighted by Gasteiger charge is 2.21. The first-order chi connectivity index (χ1) is 17.0. The third-order valence-corrected chi connectivity index (χ3v) is 7.94. The van der Waals surface area contributed by atoms with Gasteiger partial charge in [-0.25, -0.2) is 13.1 Å². The van der Waals surface area contributed by atoms with E-state index in [2.05, 4.69) is 39.2 Å². The number of carbonyl (C=O) groups is 1. The molecule has 0 atom stereocenters. The fourth-order valence-corrected chi connectivity index (χ4v) is 5.31. The third-order valence-electron chi connectivity index (χ3n) is 6.52. The summed E-state index contributed by atoms with van der Waals surface area (Å²) in [6.45, 7) is 2.80. The number of unbranched alkanes of at least 4 members (excludes halogenated alkanes) is 1. The number of carbonyl (C=O) groups excluding carboxylic acids is 1. The van der Waals surface area contributed by atoms with E-state index < -0.39 is 10.0 Å². The molecule has 7 heteroatoms. The maximum absolute atomic E-state index is 12.9. The van der Waals surface area contributed by atoms with Crippen molar-refractivity contribution in [3.05, 3.63) is 101 Å². The molecular weight excluding hydrogens is 458 g/mol. The van der Waals surface area contributed by atoms with Crippen molar-refractivity contribution in [2.75, 3.05) is 20.1 Å². The number of hydrogen-bond donors (Lipinski definition) is 2. The molecule has 1 aliphatic heterocycles. The molecule has 0 spiro atoms. The first-order valence-corrected chi connectivity index (χ1v) is 13.6. The van der Waals surface area contributed by atoms with Gasteiger partial charge in [-0.15, -0.1) is 0 Å². The Labute approximate surface area is 208 Å². The molecule has 1 heterocycles. The Kier molecular flexibility index (Phi) is 8.33. The Morgan fingerprint density at radius 2 is 1.71 bits per heavy atom. The van der Waals surface area contributed by atoms with E-state index in [0.29, 0.717) is 25.2 Å². The first-order valence-electron chi connectivity index (χ1n) is 12.1. The second kappa shape index (κ2) is 11.6. The summed E-state index contributed by atoms with van der Waals surface area (Å²) in [5.74, 6) is -0.0416. The molecule has 3 aromatic carbocycles. The summed E-state index contributed by atoms with van der Waals surface area (Å²) in [5.41, 5.74) is 5.21. The maximum atomic E-state index is 12.9. The van der Waals surface area contributed by atoms with Crippen molar-refractivity contribution in [3.8, 4) is 0 Å². The van der Waals surface area contributed by atoms with Gasteiger partial charge in [0.2, 0.25) is 10.0 Å². The monoisotopic (exact) mass is 491 g/mol. The zero-order chi connectivity index (χ0) is 24.7. The normalized spacial score (nSPS) is 13.9. The van der Waals surface area contributed by atoms with Gasteiger partial charge in [0.05, 0.1) is 4.90 Å². The van der Waals surface area contributed by atoms with Crippen molar-refractivity contribution in [3.63, 3.8) is 0 Å². The van der Waals surface area contributed by atoms with Gasteiger partial charge in [0.15, 0.2) is 0 Å². The molecule has 2 N–H and O–H groups in total. The van der Waals surface area contributed by atoms with Crippen LogP contribution in [-0.2, 0) is 36.0 Å². The van der Waals surface area contributed by atoms with Crippen molar-refractivity contribution in [2.45, 2.75) is 43.7 Å². The van der Waals surface area contributed by atoms with E-state index in [-0.39, 0.29) is 10.8 Å². The third kappa shape index (κ3) is 6.57. The van der Waals surface area contributed by atoms with E-state index in [1.54, 1.807) is 12.1 Å². The van der Waals surface area contributed by atoms with Crippen LogP contribution in [0.4, 0.5) is 0 Å². The highest BCUT2D eigenvalue weighted by molar-refractivity contribution is 7.89. The smallest absolute Gasteiger partial charge is 0.251 e. The molecule has 0 unspecified atom stereocenters. The fourth-order valence-electron chi connectivity index (χ4n) is 4.53. The zero-order valence-electron chi connectivity index (χ0n) is 20.2. The van der Waals surface area contributed by atoms with Crippen LogP contribution in [0.3, 0.4) is 0 Å². The molecule has 6 nitrogen and oxygen atoms in total. The van der Waals surface area contributed by atoms with Crippen molar-refractivity contribution in [2.24, 2.45) is 0 Å². The highest BCUT2D eigenvalue weighted by atomic mass is 32.2. The summed E-state index contributed by atoms with van der Waals surface area (Å²) < 4.78 is 26.8. The van der Waals surface area contributed by atoms with E-state index in [9.17, 15) is 13.2 Å². The summed E-state index contributed by atoms with van der Waals surface area (Å²) in [6, 6.07) is 23.5. The van der Waals surface area contributed by atoms with Gasteiger partial charge >= 0.3 is 0 Å². The quantitative estimate of drug-likeness (QED) is 0.422. The second-order valence-electron chi connectivity index (χ2n) is 8.95. The lowest BCUT2D eigenvalue weighted by molar-refractivity contribution is 0.0950. The minimum Gasteiger partial charge on any atom is -0.352 e. The molecule has 1 aliphatic rings. The van der Waals surface area contributed by atoms with Crippen LogP contribution in [0.25, 0.3) is 0 Å². The number of rotatable bonds is 10. The van der Waals surface area contributed by atoms with Gasteiger partial charge in [-0.05, 0) is 73.2 Å². The maximum Gasteiger partial charge on any atom is 0.251 e. The van der Waals surface area contributed by atoms with Crippen LogP contribution in [0.2, 0.25) is 0 Å². The molecule has 4 rings (SSSR count). The number of benzene rings is 3. The van der Waals surface area contributed by atoms with Crippen molar-refractivity contribution in [1.29, 1.82) is 0 Å². The Hall–Kier alpha value is -3.00. The largest absolute Gasteiger partial charge is 0.352 e. The Morgan fingerprint density at radius 1 is 0.943 bits per heavy atom. The zero-order valence-corrected chi connectivity index (χ0v) is 21.0. The van der Waals surface area contributed by atoms with Crippen molar-refractivity contribution in [1.82, 2.24) is 14.9 Å². The predicted molar refractivity (Wildman–Crippen MR) is 139 cm³/mol. The first kappa shape index (κ1) is 25.1. The van der Waals surface area contributed by atoms with E-state index in [0.717, 1.165) is 43.4 Å². The summed E-state index contributed by atoms with van der Waals surface area (Å²) >= 11 is 0. The number of hydrogen-bond acceptors (Lipinski definition) is 4. The van der Waals surface area contributed by atoms with Crippen LogP contribution in [0.15, 0.2) is 77.7 Å². The van der Waals surface area contributed by atoms with Crippen molar-refractivity contribution < 1.29 is 13.2 Å². The fraction of sp³-hybridized carbons (Fsp3) is 0.321. The molecule has 35 heavy (non-hydrogen) atoms. The number of sulfonamides is 1. The van der Waals surface area contributed by atoms with E-state index in [4.69, 9.17) is 0 Å². The number of nitrogens with one attached hydrogen (secondary N) is 2. The van der Waals surface area contributed by atoms with Gasteiger partial charge in [0.1, 0.15) is 0 Å². The molecule has 0 fully saturated rings. The average Bonchev–Trinajstić information content (AvgIpc) is 2.89. The van der Waals surface area contributed by atoms with Crippen LogP contribution in [0, 0.1) is 0 Å². The van der Waals surface area contributed by atoms with E-state index in [1.807, 2.05) is 36.4 Å². The molecule has 0 saturated carbocycles. The van der Waals surface area contributed by atoms with Gasteiger partial charge in [-0.3, -0.25) is 9.69 Å². The Bertz CT molecular complexity index is 1260. The second-order valence-corrected chi connectivity index (χ2v) is 10.8. The van der Waals surface area contributed by atoms with E-state index >= 15 is 0 Å².